The molecule has 0 spiro atoms. The van der Waals surface area contributed by atoms with Crippen LogP contribution < -0.4 is 5.32 Å². The van der Waals surface area contributed by atoms with Gasteiger partial charge in [0.05, 0.1) is 18.9 Å². The van der Waals surface area contributed by atoms with Crippen LogP contribution in [0.1, 0.15) is 12.6 Å². The third-order valence-corrected chi connectivity index (χ3v) is 3.23. The first kappa shape index (κ1) is 14.1. The Labute approximate surface area is 115 Å². The zero-order chi connectivity index (χ0) is 13.7. The summed E-state index contributed by atoms with van der Waals surface area (Å²) in [4.78, 5) is 6.95. The molecule has 1 aromatic rings. The van der Waals surface area contributed by atoms with Gasteiger partial charge < -0.3 is 14.6 Å². The molecular formula is C14H24N4O. The van der Waals surface area contributed by atoms with Crippen LogP contribution in [0, 0.1) is 6.92 Å². The molecule has 0 aromatic carbocycles. The number of morpholine rings is 1. The summed E-state index contributed by atoms with van der Waals surface area (Å²) in [5.74, 6) is 0.929. The lowest BCUT2D eigenvalue weighted by molar-refractivity contribution is 0.0367. The Bertz CT molecular complexity index is 410. The standard InChI is InChI=1S/C14H24N4O/c1-4-5-18-11-13(3)16-14(18)15-12(2)10-17-6-8-19-9-7-17/h4,11-12H,1,5-10H2,2-3H3,(H,15,16). The highest BCUT2D eigenvalue weighted by Crippen LogP contribution is 2.10. The summed E-state index contributed by atoms with van der Waals surface area (Å²) >= 11 is 0. The number of nitrogens with one attached hydrogen (secondary N) is 1. The number of aromatic nitrogens is 2. The van der Waals surface area contributed by atoms with Crippen molar-refractivity contribution in [3.63, 3.8) is 0 Å². The van der Waals surface area contributed by atoms with Crippen LogP contribution in [0.5, 0.6) is 0 Å². The van der Waals surface area contributed by atoms with Gasteiger partial charge in [0.1, 0.15) is 0 Å². The van der Waals surface area contributed by atoms with E-state index in [0.29, 0.717) is 6.04 Å². The quantitative estimate of drug-likeness (QED) is 0.791. The molecule has 2 rings (SSSR count). The van der Waals surface area contributed by atoms with Crippen LogP contribution in [-0.2, 0) is 11.3 Å². The summed E-state index contributed by atoms with van der Waals surface area (Å²) < 4.78 is 7.46. The molecule has 106 valence electrons. The number of imidazole rings is 1. The van der Waals surface area contributed by atoms with Gasteiger partial charge in [-0.2, -0.15) is 0 Å². The number of hydrogen-bond acceptors (Lipinski definition) is 4. The molecule has 1 atom stereocenters. The predicted octanol–water partition coefficient (Wildman–Crippen LogP) is 1.51. The van der Waals surface area contributed by atoms with Gasteiger partial charge in [0.25, 0.3) is 0 Å². The first-order valence-electron chi connectivity index (χ1n) is 6.90. The van der Waals surface area contributed by atoms with E-state index in [1.807, 2.05) is 19.2 Å². The van der Waals surface area contributed by atoms with Gasteiger partial charge >= 0.3 is 0 Å². The summed E-state index contributed by atoms with van der Waals surface area (Å²) in [6.07, 6.45) is 3.93. The van der Waals surface area contributed by atoms with E-state index in [0.717, 1.165) is 51.0 Å². The summed E-state index contributed by atoms with van der Waals surface area (Å²) in [6.45, 7) is 13.5. The fraction of sp³-hybridized carbons (Fsp3) is 0.643. The number of aryl methyl sites for hydroxylation is 1. The number of hydrogen-bond donors (Lipinski definition) is 1. The van der Waals surface area contributed by atoms with E-state index in [2.05, 4.69) is 33.3 Å². The maximum atomic E-state index is 5.36. The maximum absolute atomic E-state index is 5.36. The molecular weight excluding hydrogens is 240 g/mol. The smallest absolute Gasteiger partial charge is 0.203 e. The Kier molecular flexibility index (Phi) is 4.99. The maximum Gasteiger partial charge on any atom is 0.203 e. The van der Waals surface area contributed by atoms with Gasteiger partial charge in [0, 0.05) is 38.4 Å². The molecule has 19 heavy (non-hydrogen) atoms. The number of anilines is 1. The first-order valence-corrected chi connectivity index (χ1v) is 6.90. The number of ether oxygens (including phenoxy) is 1. The van der Waals surface area contributed by atoms with Crippen molar-refractivity contribution in [1.82, 2.24) is 14.5 Å². The number of rotatable bonds is 6. The van der Waals surface area contributed by atoms with Crippen LogP contribution in [0.2, 0.25) is 0 Å². The largest absolute Gasteiger partial charge is 0.379 e. The lowest BCUT2D eigenvalue weighted by Gasteiger charge is -2.29. The second-order valence-electron chi connectivity index (χ2n) is 5.11. The second-order valence-corrected chi connectivity index (χ2v) is 5.11. The first-order chi connectivity index (χ1) is 9.19. The van der Waals surface area contributed by atoms with E-state index in [1.165, 1.54) is 0 Å². The van der Waals surface area contributed by atoms with Gasteiger partial charge in [0.15, 0.2) is 0 Å². The summed E-state index contributed by atoms with van der Waals surface area (Å²) in [6, 6.07) is 0.364. The van der Waals surface area contributed by atoms with Gasteiger partial charge in [-0.25, -0.2) is 4.98 Å². The van der Waals surface area contributed by atoms with Crippen LogP contribution in [0.3, 0.4) is 0 Å². The molecule has 0 saturated carbocycles. The van der Waals surface area contributed by atoms with Crippen LogP contribution in [0.15, 0.2) is 18.9 Å². The monoisotopic (exact) mass is 264 g/mol. The normalized spacial score (nSPS) is 18.2. The molecule has 5 nitrogen and oxygen atoms in total. The fourth-order valence-corrected chi connectivity index (χ4v) is 2.38. The van der Waals surface area contributed by atoms with Gasteiger partial charge in [0.2, 0.25) is 5.95 Å². The average molecular weight is 264 g/mol. The fourth-order valence-electron chi connectivity index (χ4n) is 2.38. The highest BCUT2D eigenvalue weighted by Gasteiger charge is 2.15. The van der Waals surface area contributed by atoms with Crippen molar-refractivity contribution in [2.24, 2.45) is 0 Å². The predicted molar refractivity (Wildman–Crippen MR) is 77.5 cm³/mol. The molecule has 0 amide bonds. The lowest BCUT2D eigenvalue weighted by Crippen LogP contribution is -2.42. The minimum atomic E-state index is 0.364. The van der Waals surface area contributed by atoms with Crippen molar-refractivity contribution < 1.29 is 4.74 Å². The average Bonchev–Trinajstić information content (AvgIpc) is 2.71. The molecule has 1 unspecified atom stereocenters. The highest BCUT2D eigenvalue weighted by molar-refractivity contribution is 5.30. The van der Waals surface area contributed by atoms with Gasteiger partial charge in [-0.1, -0.05) is 6.08 Å². The topological polar surface area (TPSA) is 42.3 Å². The zero-order valence-corrected chi connectivity index (χ0v) is 11.9. The molecule has 0 aliphatic carbocycles. The van der Waals surface area contributed by atoms with Gasteiger partial charge in [-0.15, -0.1) is 6.58 Å². The van der Waals surface area contributed by atoms with Crippen molar-refractivity contribution in [2.75, 3.05) is 38.2 Å². The van der Waals surface area contributed by atoms with Gasteiger partial charge in [-0.05, 0) is 13.8 Å². The minimum absolute atomic E-state index is 0.364. The Morgan fingerprint density at radius 2 is 2.26 bits per heavy atom. The summed E-state index contributed by atoms with van der Waals surface area (Å²) in [5, 5.41) is 3.49. The molecule has 0 bridgehead atoms. The second kappa shape index (κ2) is 6.73. The third kappa shape index (κ3) is 4.08. The molecule has 1 aliphatic rings. The van der Waals surface area contributed by atoms with Crippen molar-refractivity contribution in [3.05, 3.63) is 24.5 Å². The lowest BCUT2D eigenvalue weighted by atomic mass is 10.3. The molecule has 1 aromatic heterocycles. The SMILES string of the molecule is C=CCn1cc(C)nc1NC(C)CN1CCOCC1. The summed E-state index contributed by atoms with van der Waals surface area (Å²) in [5.41, 5.74) is 1.03. The van der Waals surface area contributed by atoms with Crippen LogP contribution in [-0.4, -0.2) is 53.3 Å². The third-order valence-electron chi connectivity index (χ3n) is 3.23. The minimum Gasteiger partial charge on any atom is -0.379 e. The van der Waals surface area contributed by atoms with Crippen LogP contribution in [0.25, 0.3) is 0 Å². The van der Waals surface area contributed by atoms with Gasteiger partial charge in [-0.3, -0.25) is 4.90 Å². The Morgan fingerprint density at radius 1 is 1.53 bits per heavy atom. The Balaban J connectivity index is 1.90. The number of allylic oxidation sites excluding steroid dienone is 1. The van der Waals surface area contributed by atoms with Crippen LogP contribution >= 0.6 is 0 Å². The molecule has 1 saturated heterocycles. The van der Waals surface area contributed by atoms with E-state index < -0.39 is 0 Å². The van der Waals surface area contributed by atoms with E-state index in [4.69, 9.17) is 4.74 Å². The van der Waals surface area contributed by atoms with Crippen LogP contribution in [0.4, 0.5) is 5.95 Å². The zero-order valence-electron chi connectivity index (χ0n) is 11.9. The molecule has 2 heterocycles. The van der Waals surface area contributed by atoms with E-state index >= 15 is 0 Å². The van der Waals surface area contributed by atoms with E-state index in [1.54, 1.807) is 0 Å². The molecule has 1 N–H and O–H groups in total. The molecule has 5 heteroatoms. The molecule has 0 radical (unpaired) electrons. The Hall–Kier alpha value is -1.33. The van der Waals surface area contributed by atoms with Crippen molar-refractivity contribution in [1.29, 1.82) is 0 Å². The van der Waals surface area contributed by atoms with E-state index in [-0.39, 0.29) is 0 Å². The van der Waals surface area contributed by atoms with Crippen molar-refractivity contribution in [3.8, 4) is 0 Å². The molecule has 1 fully saturated rings. The summed E-state index contributed by atoms with van der Waals surface area (Å²) in [7, 11) is 0. The van der Waals surface area contributed by atoms with Crippen molar-refractivity contribution >= 4 is 5.95 Å². The highest BCUT2D eigenvalue weighted by atomic mass is 16.5. The molecule has 1 aliphatic heterocycles. The van der Waals surface area contributed by atoms with Crippen molar-refractivity contribution in [2.45, 2.75) is 26.4 Å². The Morgan fingerprint density at radius 3 is 2.95 bits per heavy atom. The number of nitrogens with zero attached hydrogens (tertiary/aromatic N) is 3. The van der Waals surface area contributed by atoms with E-state index in [9.17, 15) is 0 Å².